The van der Waals surface area contributed by atoms with Gasteiger partial charge in [-0.3, -0.25) is 10.1 Å². The number of piperidine rings is 1. The van der Waals surface area contributed by atoms with E-state index in [-0.39, 0.29) is 11.9 Å². The highest BCUT2D eigenvalue weighted by molar-refractivity contribution is 5.96. The third-order valence-electron chi connectivity index (χ3n) is 2.85. The second kappa shape index (κ2) is 4.17. The Kier molecular flexibility index (Phi) is 2.86. The molecule has 88 valence electrons. The fourth-order valence-electron chi connectivity index (χ4n) is 1.82. The molecular formula is C9H16N6O. The lowest BCUT2D eigenvalue weighted by Crippen LogP contribution is -2.54. The van der Waals surface area contributed by atoms with Crippen LogP contribution in [0.5, 0.6) is 0 Å². The first-order valence-corrected chi connectivity index (χ1v) is 5.41. The molecule has 1 saturated heterocycles. The fraction of sp³-hybridized carbons (Fsp3) is 0.778. The minimum Gasteiger partial charge on any atom is -0.304 e. The summed E-state index contributed by atoms with van der Waals surface area (Å²) in [6.45, 7) is 2.77. The van der Waals surface area contributed by atoms with Gasteiger partial charge in [0.2, 0.25) is 5.91 Å². The highest BCUT2D eigenvalue weighted by Crippen LogP contribution is 2.19. The molecule has 0 radical (unpaired) electrons. The van der Waals surface area contributed by atoms with Crippen molar-refractivity contribution in [3.8, 4) is 0 Å². The normalized spacial score (nSPS) is 25.4. The maximum atomic E-state index is 12.0. The Bertz CT molecular complexity index is 381. The highest BCUT2D eigenvalue weighted by atomic mass is 16.2. The number of anilines is 1. The quantitative estimate of drug-likeness (QED) is 0.719. The van der Waals surface area contributed by atoms with E-state index in [2.05, 4.69) is 26.0 Å². The van der Waals surface area contributed by atoms with E-state index in [1.54, 1.807) is 7.05 Å². The number of nitrogens with one attached hydrogen (secondary N) is 2. The maximum Gasteiger partial charge on any atom is 0.270 e. The molecule has 16 heavy (non-hydrogen) atoms. The molecule has 2 rings (SSSR count). The van der Waals surface area contributed by atoms with Crippen LogP contribution in [0.2, 0.25) is 0 Å². The topological polar surface area (TPSA) is 84.7 Å². The first-order chi connectivity index (χ1) is 7.60. The molecule has 0 spiro atoms. The summed E-state index contributed by atoms with van der Waals surface area (Å²) < 4.78 is 0. The number of carbonyl (C=O) groups excluding carboxylic acids is 1. The van der Waals surface area contributed by atoms with Crippen molar-refractivity contribution in [2.45, 2.75) is 31.7 Å². The van der Waals surface area contributed by atoms with E-state index in [0.29, 0.717) is 0 Å². The number of hydrogen-bond donors (Lipinski definition) is 2. The van der Waals surface area contributed by atoms with Crippen molar-refractivity contribution in [3.63, 3.8) is 0 Å². The largest absolute Gasteiger partial charge is 0.304 e. The van der Waals surface area contributed by atoms with Gasteiger partial charge in [-0.15, -0.1) is 5.10 Å². The highest BCUT2D eigenvalue weighted by Gasteiger charge is 2.34. The molecule has 0 bridgehead atoms. The predicted octanol–water partition coefficient (Wildman–Crippen LogP) is -0.319. The Balaban J connectivity index is 2.01. The van der Waals surface area contributed by atoms with Crippen LogP contribution < -0.4 is 10.6 Å². The zero-order valence-electron chi connectivity index (χ0n) is 9.53. The summed E-state index contributed by atoms with van der Waals surface area (Å²) in [6.07, 6.45) is 3.01. The summed E-state index contributed by atoms with van der Waals surface area (Å²) in [6, 6.07) is 0. The molecule has 1 amide bonds. The molecule has 1 aliphatic heterocycles. The van der Waals surface area contributed by atoms with Crippen molar-refractivity contribution < 1.29 is 4.79 Å². The number of rotatable bonds is 2. The second-order valence-corrected chi connectivity index (χ2v) is 4.27. The van der Waals surface area contributed by atoms with E-state index in [0.717, 1.165) is 25.8 Å². The van der Waals surface area contributed by atoms with E-state index in [9.17, 15) is 4.79 Å². The molecule has 1 aromatic rings. The minimum atomic E-state index is -0.516. The van der Waals surface area contributed by atoms with Gasteiger partial charge in [0.1, 0.15) is 0 Å². The van der Waals surface area contributed by atoms with Gasteiger partial charge in [0, 0.05) is 0 Å². The summed E-state index contributed by atoms with van der Waals surface area (Å²) in [5.41, 5.74) is -0.516. The third-order valence-corrected chi connectivity index (χ3v) is 2.85. The summed E-state index contributed by atoms with van der Waals surface area (Å²) in [4.78, 5) is 13.3. The van der Waals surface area contributed by atoms with Gasteiger partial charge < -0.3 is 5.32 Å². The Morgan fingerprint density at radius 1 is 1.56 bits per heavy atom. The number of amides is 1. The second-order valence-electron chi connectivity index (χ2n) is 4.27. The number of tetrazole rings is 1. The van der Waals surface area contributed by atoms with Crippen LogP contribution in [0.25, 0.3) is 0 Å². The third kappa shape index (κ3) is 2.19. The Morgan fingerprint density at radius 2 is 2.38 bits per heavy atom. The SMILES string of the molecule is Cn1nnc(NC(=O)C2(C)CCCCN2)n1. The molecule has 0 aliphatic carbocycles. The lowest BCUT2D eigenvalue weighted by atomic mass is 9.90. The van der Waals surface area contributed by atoms with Crippen LogP contribution in [0.4, 0.5) is 5.95 Å². The molecule has 1 aromatic heterocycles. The van der Waals surface area contributed by atoms with Crippen molar-refractivity contribution in [1.29, 1.82) is 0 Å². The van der Waals surface area contributed by atoms with Gasteiger partial charge in [-0.1, -0.05) is 5.10 Å². The summed E-state index contributed by atoms with van der Waals surface area (Å²) >= 11 is 0. The van der Waals surface area contributed by atoms with Crippen LogP contribution >= 0.6 is 0 Å². The van der Waals surface area contributed by atoms with Crippen LogP contribution in [0.3, 0.4) is 0 Å². The average Bonchev–Trinajstić information content (AvgIpc) is 2.65. The molecule has 2 heterocycles. The van der Waals surface area contributed by atoms with Gasteiger partial charge in [-0.05, 0) is 37.9 Å². The molecule has 0 saturated carbocycles. The number of nitrogens with zero attached hydrogens (tertiary/aromatic N) is 4. The summed E-state index contributed by atoms with van der Waals surface area (Å²) in [7, 11) is 1.66. The Morgan fingerprint density at radius 3 is 2.94 bits per heavy atom. The van der Waals surface area contributed by atoms with Gasteiger partial charge in [-0.25, -0.2) is 0 Å². The number of aryl methyl sites for hydroxylation is 1. The molecule has 1 unspecified atom stereocenters. The first kappa shape index (κ1) is 11.0. The molecule has 1 atom stereocenters. The standard InChI is InChI=1S/C9H16N6O/c1-9(5-3-4-6-10-9)7(16)11-8-12-14-15(2)13-8/h10H,3-6H2,1-2H3,(H,11,13,16). The van der Waals surface area contributed by atoms with Crippen LogP contribution in [0, 0.1) is 0 Å². The van der Waals surface area contributed by atoms with E-state index in [1.165, 1.54) is 4.80 Å². The van der Waals surface area contributed by atoms with Gasteiger partial charge in [0.15, 0.2) is 0 Å². The lowest BCUT2D eigenvalue weighted by molar-refractivity contribution is -0.122. The molecule has 2 N–H and O–H groups in total. The average molecular weight is 224 g/mol. The van der Waals surface area contributed by atoms with Gasteiger partial charge in [0.25, 0.3) is 5.95 Å². The van der Waals surface area contributed by atoms with E-state index in [1.807, 2.05) is 6.92 Å². The van der Waals surface area contributed by atoms with Crippen molar-refractivity contribution in [1.82, 2.24) is 25.5 Å². The van der Waals surface area contributed by atoms with Crippen molar-refractivity contribution >= 4 is 11.9 Å². The van der Waals surface area contributed by atoms with Crippen LogP contribution in [-0.2, 0) is 11.8 Å². The number of carbonyl (C=O) groups is 1. The van der Waals surface area contributed by atoms with Crippen molar-refractivity contribution in [3.05, 3.63) is 0 Å². The lowest BCUT2D eigenvalue weighted by Gasteiger charge is -2.32. The smallest absolute Gasteiger partial charge is 0.270 e. The molecule has 0 aromatic carbocycles. The van der Waals surface area contributed by atoms with Crippen LogP contribution in [0.1, 0.15) is 26.2 Å². The van der Waals surface area contributed by atoms with Crippen LogP contribution in [-0.4, -0.2) is 38.2 Å². The maximum absolute atomic E-state index is 12.0. The van der Waals surface area contributed by atoms with Gasteiger partial charge in [-0.2, -0.15) is 4.80 Å². The Labute approximate surface area is 93.6 Å². The molecule has 7 nitrogen and oxygen atoms in total. The number of hydrogen-bond acceptors (Lipinski definition) is 5. The zero-order chi connectivity index (χ0) is 11.6. The molecule has 7 heteroatoms. The molecular weight excluding hydrogens is 208 g/mol. The van der Waals surface area contributed by atoms with Crippen molar-refractivity contribution in [2.24, 2.45) is 7.05 Å². The summed E-state index contributed by atoms with van der Waals surface area (Å²) in [5.74, 6) is 0.154. The van der Waals surface area contributed by atoms with E-state index in [4.69, 9.17) is 0 Å². The first-order valence-electron chi connectivity index (χ1n) is 5.41. The molecule has 1 aliphatic rings. The monoisotopic (exact) mass is 224 g/mol. The van der Waals surface area contributed by atoms with Crippen LogP contribution in [0.15, 0.2) is 0 Å². The van der Waals surface area contributed by atoms with Crippen molar-refractivity contribution in [2.75, 3.05) is 11.9 Å². The minimum absolute atomic E-state index is 0.0970. The Hall–Kier alpha value is -1.50. The predicted molar refractivity (Wildman–Crippen MR) is 57.7 cm³/mol. The summed E-state index contributed by atoms with van der Waals surface area (Å²) in [5, 5.41) is 17.2. The van der Waals surface area contributed by atoms with E-state index >= 15 is 0 Å². The van der Waals surface area contributed by atoms with E-state index < -0.39 is 5.54 Å². The number of aromatic nitrogens is 4. The molecule has 1 fully saturated rings. The van der Waals surface area contributed by atoms with Gasteiger partial charge in [0.05, 0.1) is 12.6 Å². The zero-order valence-corrected chi connectivity index (χ0v) is 9.53. The fourth-order valence-corrected chi connectivity index (χ4v) is 1.82. The van der Waals surface area contributed by atoms with Gasteiger partial charge >= 0.3 is 0 Å².